The number of aliphatic hydroxyl groups excluding tert-OH is 1. The molecule has 0 unspecified atom stereocenters. The fourth-order valence-electron chi connectivity index (χ4n) is 2.98. The maximum absolute atomic E-state index is 12.7. The number of methoxy groups -OCH3 is 2. The zero-order valence-corrected chi connectivity index (χ0v) is 14.5. The Kier molecular flexibility index (Phi) is 7.34. The number of rotatable bonds is 9. The molecule has 2 atom stereocenters. The van der Waals surface area contributed by atoms with Gasteiger partial charge in [0, 0.05) is 37.8 Å². The smallest absolute Gasteiger partial charge is 0.317 e. The molecule has 1 aliphatic carbocycles. The monoisotopic (exact) mass is 336 g/mol. The lowest BCUT2D eigenvalue weighted by Gasteiger charge is -2.38. The molecule has 2 rings (SSSR count). The molecule has 2 N–H and O–H groups in total. The summed E-state index contributed by atoms with van der Waals surface area (Å²) in [4.78, 5) is 14.4. The van der Waals surface area contributed by atoms with Gasteiger partial charge < -0.3 is 24.8 Å². The van der Waals surface area contributed by atoms with Crippen LogP contribution < -0.4 is 10.1 Å². The Hall–Kier alpha value is -1.79. The molecule has 0 aliphatic heterocycles. The van der Waals surface area contributed by atoms with Gasteiger partial charge >= 0.3 is 6.03 Å². The summed E-state index contributed by atoms with van der Waals surface area (Å²) in [5.74, 6) is 1.16. The van der Waals surface area contributed by atoms with E-state index in [-0.39, 0.29) is 18.7 Å². The van der Waals surface area contributed by atoms with Gasteiger partial charge in [-0.05, 0) is 25.3 Å². The van der Waals surface area contributed by atoms with Crippen LogP contribution in [0.2, 0.25) is 0 Å². The van der Waals surface area contributed by atoms with Crippen LogP contribution >= 0.6 is 0 Å². The zero-order valence-electron chi connectivity index (χ0n) is 14.5. The Morgan fingerprint density at radius 2 is 2.12 bits per heavy atom. The molecule has 0 aromatic heterocycles. The third-order valence-electron chi connectivity index (χ3n) is 4.53. The van der Waals surface area contributed by atoms with Crippen LogP contribution in [-0.4, -0.2) is 56.1 Å². The Labute approximate surface area is 143 Å². The van der Waals surface area contributed by atoms with Crippen molar-refractivity contribution >= 4 is 6.03 Å². The molecule has 1 saturated carbocycles. The summed E-state index contributed by atoms with van der Waals surface area (Å²) in [6.07, 6.45) is 2.62. The number of benzene rings is 1. The number of carbonyl (C=O) groups excluding carboxylic acids is 1. The van der Waals surface area contributed by atoms with Crippen molar-refractivity contribution in [3.63, 3.8) is 0 Å². The van der Waals surface area contributed by atoms with Gasteiger partial charge in [-0.15, -0.1) is 0 Å². The molecule has 24 heavy (non-hydrogen) atoms. The van der Waals surface area contributed by atoms with Crippen molar-refractivity contribution in [2.24, 2.45) is 5.92 Å². The molecule has 1 aromatic carbocycles. The first-order valence-electron chi connectivity index (χ1n) is 8.46. The predicted molar refractivity (Wildman–Crippen MR) is 92.0 cm³/mol. The third kappa shape index (κ3) is 4.85. The Morgan fingerprint density at radius 1 is 1.33 bits per heavy atom. The van der Waals surface area contributed by atoms with E-state index in [9.17, 15) is 4.79 Å². The number of amides is 2. The molecule has 0 saturated heterocycles. The molecule has 134 valence electrons. The minimum atomic E-state index is -0.0971. The molecule has 2 amide bonds. The second kappa shape index (κ2) is 9.49. The first-order chi connectivity index (χ1) is 11.7. The van der Waals surface area contributed by atoms with Gasteiger partial charge in [0.25, 0.3) is 0 Å². The van der Waals surface area contributed by atoms with E-state index < -0.39 is 0 Å². The lowest BCUT2D eigenvalue weighted by molar-refractivity contribution is 0.0791. The number of hydrogen-bond donors (Lipinski definition) is 2. The van der Waals surface area contributed by atoms with Gasteiger partial charge in [-0.2, -0.15) is 0 Å². The molecule has 6 nitrogen and oxygen atoms in total. The second-order valence-electron chi connectivity index (χ2n) is 6.16. The van der Waals surface area contributed by atoms with E-state index in [2.05, 4.69) is 5.32 Å². The Morgan fingerprint density at radius 3 is 2.75 bits per heavy atom. The van der Waals surface area contributed by atoms with Crippen LogP contribution in [0.15, 0.2) is 24.3 Å². The van der Waals surface area contributed by atoms with Crippen molar-refractivity contribution in [1.29, 1.82) is 0 Å². The predicted octanol–water partition coefficient (Wildman–Crippen LogP) is 2.01. The molecule has 0 radical (unpaired) electrons. The minimum absolute atomic E-state index is 0.0609. The van der Waals surface area contributed by atoms with Crippen molar-refractivity contribution in [3.8, 4) is 5.75 Å². The van der Waals surface area contributed by atoms with Gasteiger partial charge in [0.2, 0.25) is 0 Å². The van der Waals surface area contributed by atoms with E-state index in [0.29, 0.717) is 32.0 Å². The second-order valence-corrected chi connectivity index (χ2v) is 6.16. The van der Waals surface area contributed by atoms with E-state index in [1.54, 1.807) is 19.1 Å². The topological polar surface area (TPSA) is 71.0 Å². The van der Waals surface area contributed by atoms with Crippen molar-refractivity contribution in [2.45, 2.75) is 31.8 Å². The third-order valence-corrected chi connectivity index (χ3v) is 4.53. The summed E-state index contributed by atoms with van der Waals surface area (Å²) in [6.45, 7) is 1.69. The average Bonchev–Trinajstić information content (AvgIpc) is 2.60. The molecule has 0 spiro atoms. The van der Waals surface area contributed by atoms with E-state index in [4.69, 9.17) is 14.6 Å². The van der Waals surface area contributed by atoms with E-state index in [1.807, 2.05) is 24.3 Å². The summed E-state index contributed by atoms with van der Waals surface area (Å²) in [5, 5.41) is 12.2. The summed E-state index contributed by atoms with van der Waals surface area (Å²) in [6, 6.07) is 7.75. The van der Waals surface area contributed by atoms with Crippen LogP contribution in [0.4, 0.5) is 4.79 Å². The molecule has 1 fully saturated rings. The average molecular weight is 336 g/mol. The molecule has 1 aromatic rings. The molecule has 1 aliphatic rings. The van der Waals surface area contributed by atoms with Crippen LogP contribution in [0, 0.1) is 5.92 Å². The van der Waals surface area contributed by atoms with E-state index in [1.165, 1.54) is 0 Å². The van der Waals surface area contributed by atoms with Crippen molar-refractivity contribution in [2.75, 3.05) is 34.0 Å². The summed E-state index contributed by atoms with van der Waals surface area (Å²) in [7, 11) is 3.31. The largest absolute Gasteiger partial charge is 0.496 e. The number of aliphatic hydroxyl groups is 1. The highest BCUT2D eigenvalue weighted by Crippen LogP contribution is 2.28. The normalized spacial score (nSPS) is 19.5. The maximum atomic E-state index is 12.7. The molecule has 0 heterocycles. The fraction of sp³-hybridized carbons (Fsp3) is 0.611. The van der Waals surface area contributed by atoms with Crippen molar-refractivity contribution in [1.82, 2.24) is 10.2 Å². The van der Waals surface area contributed by atoms with Crippen LogP contribution in [0.25, 0.3) is 0 Å². The molecule has 6 heteroatoms. The number of urea groups is 1. The van der Waals surface area contributed by atoms with E-state index in [0.717, 1.165) is 24.2 Å². The van der Waals surface area contributed by atoms with Crippen LogP contribution in [0.3, 0.4) is 0 Å². The number of carbonyl (C=O) groups is 1. The van der Waals surface area contributed by atoms with Crippen LogP contribution in [-0.2, 0) is 11.3 Å². The lowest BCUT2D eigenvalue weighted by Crippen LogP contribution is -2.52. The highest BCUT2D eigenvalue weighted by Gasteiger charge is 2.33. The van der Waals surface area contributed by atoms with Crippen LogP contribution in [0.1, 0.15) is 24.8 Å². The minimum Gasteiger partial charge on any atom is -0.496 e. The molecule has 0 bridgehead atoms. The van der Waals surface area contributed by atoms with Gasteiger partial charge in [-0.1, -0.05) is 18.2 Å². The highest BCUT2D eigenvalue weighted by atomic mass is 16.5. The SMILES string of the molecule is COC[C@H]1CC[C@H]1NC(=O)N(CCCO)Cc1ccccc1OC. The fourth-order valence-corrected chi connectivity index (χ4v) is 2.98. The summed E-state index contributed by atoms with van der Waals surface area (Å²) in [5.41, 5.74) is 0.954. The highest BCUT2D eigenvalue weighted by molar-refractivity contribution is 5.74. The van der Waals surface area contributed by atoms with Gasteiger partial charge in [-0.3, -0.25) is 0 Å². The first-order valence-corrected chi connectivity index (χ1v) is 8.46. The summed E-state index contributed by atoms with van der Waals surface area (Å²) < 4.78 is 10.6. The maximum Gasteiger partial charge on any atom is 0.317 e. The Bertz CT molecular complexity index is 523. The number of nitrogens with zero attached hydrogens (tertiary/aromatic N) is 1. The van der Waals surface area contributed by atoms with Gasteiger partial charge in [0.05, 0.1) is 20.3 Å². The van der Waals surface area contributed by atoms with E-state index >= 15 is 0 Å². The number of para-hydroxylation sites is 1. The molecular formula is C18H28N2O4. The van der Waals surface area contributed by atoms with Gasteiger partial charge in [0.15, 0.2) is 0 Å². The number of nitrogens with one attached hydrogen (secondary N) is 1. The van der Waals surface area contributed by atoms with Gasteiger partial charge in [0.1, 0.15) is 5.75 Å². The standard InChI is InChI=1S/C18H28N2O4/c1-23-13-15-8-9-16(15)19-18(22)20(10-5-11-21)12-14-6-3-4-7-17(14)24-2/h3-4,6-7,15-16,21H,5,8-13H2,1-2H3,(H,19,22)/t15-,16-/m1/s1. The molecular weight excluding hydrogens is 308 g/mol. The Balaban J connectivity index is 2.00. The number of hydrogen-bond acceptors (Lipinski definition) is 4. The lowest BCUT2D eigenvalue weighted by atomic mass is 9.80. The first kappa shape index (κ1) is 18.5. The van der Waals surface area contributed by atoms with Crippen LogP contribution in [0.5, 0.6) is 5.75 Å². The van der Waals surface area contributed by atoms with Crippen molar-refractivity contribution in [3.05, 3.63) is 29.8 Å². The zero-order chi connectivity index (χ0) is 17.4. The quantitative estimate of drug-likeness (QED) is 0.724. The summed E-state index contributed by atoms with van der Waals surface area (Å²) >= 11 is 0. The van der Waals surface area contributed by atoms with Crippen molar-refractivity contribution < 1.29 is 19.4 Å². The number of ether oxygens (including phenoxy) is 2. The van der Waals surface area contributed by atoms with Gasteiger partial charge in [-0.25, -0.2) is 4.79 Å².